The molecule has 1 unspecified atom stereocenters. The number of halogens is 1. The van der Waals surface area contributed by atoms with Gasteiger partial charge in [0, 0.05) is 30.2 Å². The molecule has 26 heavy (non-hydrogen) atoms. The molecule has 0 spiro atoms. The first kappa shape index (κ1) is 16.7. The molecule has 2 amide bonds. The average molecular weight is 373 g/mol. The highest BCUT2D eigenvalue weighted by Crippen LogP contribution is 2.27. The first-order valence-corrected chi connectivity index (χ1v) is 8.64. The number of carbonyl (C=O) groups excluding carboxylic acids is 2. The molecule has 0 aliphatic carbocycles. The fourth-order valence-corrected chi connectivity index (χ4v) is 3.47. The summed E-state index contributed by atoms with van der Waals surface area (Å²) in [6.45, 7) is 0.805. The fourth-order valence-electron chi connectivity index (χ4n) is 3.28. The van der Waals surface area contributed by atoms with Crippen molar-refractivity contribution in [2.75, 3.05) is 13.6 Å². The molecule has 2 aromatic heterocycles. The predicted octanol–water partition coefficient (Wildman–Crippen LogP) is 2.62. The Bertz CT molecular complexity index is 993. The van der Waals surface area contributed by atoms with Crippen molar-refractivity contribution in [3.05, 3.63) is 53.0 Å². The van der Waals surface area contributed by atoms with Crippen molar-refractivity contribution in [3.63, 3.8) is 0 Å². The number of nitrogens with one attached hydrogen (secondary N) is 1. The van der Waals surface area contributed by atoms with Gasteiger partial charge in [-0.05, 0) is 30.3 Å². The number of hydrogen-bond acceptors (Lipinski definition) is 4. The molecule has 3 heterocycles. The standard InChI is InChI=1S/C18H17ClN4O3/c1-20-17(24)8-14-10-22(9-13-4-5-21-23(13)14)18(25)16-7-11-6-12(19)2-3-15(11)26-16/h2-7,14H,8-10H2,1H3,(H,20,24). The van der Waals surface area contributed by atoms with E-state index < -0.39 is 0 Å². The number of carbonyl (C=O) groups is 2. The second-order valence-corrected chi connectivity index (χ2v) is 6.71. The van der Waals surface area contributed by atoms with E-state index in [0.717, 1.165) is 11.1 Å². The molecule has 1 aliphatic rings. The van der Waals surface area contributed by atoms with Gasteiger partial charge in [-0.1, -0.05) is 11.6 Å². The van der Waals surface area contributed by atoms with E-state index >= 15 is 0 Å². The van der Waals surface area contributed by atoms with Gasteiger partial charge in [-0.3, -0.25) is 14.3 Å². The topological polar surface area (TPSA) is 80.4 Å². The molecule has 4 rings (SSSR count). The normalized spacial score (nSPS) is 16.5. The maximum Gasteiger partial charge on any atom is 0.290 e. The fraction of sp³-hybridized carbons (Fsp3) is 0.278. The Morgan fingerprint density at radius 2 is 2.19 bits per heavy atom. The Morgan fingerprint density at radius 3 is 3.00 bits per heavy atom. The summed E-state index contributed by atoms with van der Waals surface area (Å²) in [5.41, 5.74) is 1.50. The summed E-state index contributed by atoms with van der Waals surface area (Å²) in [7, 11) is 1.59. The average Bonchev–Trinajstić information content (AvgIpc) is 3.26. The van der Waals surface area contributed by atoms with Crippen molar-refractivity contribution >= 4 is 34.4 Å². The van der Waals surface area contributed by atoms with Crippen LogP contribution in [0.3, 0.4) is 0 Å². The van der Waals surface area contributed by atoms with Crippen LogP contribution in [-0.2, 0) is 11.3 Å². The van der Waals surface area contributed by atoms with Gasteiger partial charge in [0.25, 0.3) is 5.91 Å². The van der Waals surface area contributed by atoms with E-state index in [-0.39, 0.29) is 30.0 Å². The number of fused-ring (bicyclic) bond motifs is 2. The molecule has 1 aliphatic heterocycles. The van der Waals surface area contributed by atoms with Gasteiger partial charge in [0.2, 0.25) is 5.91 Å². The van der Waals surface area contributed by atoms with Gasteiger partial charge in [0.15, 0.2) is 5.76 Å². The van der Waals surface area contributed by atoms with Gasteiger partial charge in [0.05, 0.1) is 24.7 Å². The maximum atomic E-state index is 13.0. The highest BCUT2D eigenvalue weighted by molar-refractivity contribution is 6.31. The molecule has 3 aromatic rings. The minimum Gasteiger partial charge on any atom is -0.451 e. The molecule has 0 fully saturated rings. The Balaban J connectivity index is 1.62. The number of hydrogen-bond donors (Lipinski definition) is 1. The van der Waals surface area contributed by atoms with Crippen LogP contribution in [0.1, 0.15) is 28.7 Å². The van der Waals surface area contributed by atoms with Crippen molar-refractivity contribution in [1.82, 2.24) is 20.0 Å². The first-order chi connectivity index (χ1) is 12.5. The Labute approximate surface area is 154 Å². The molecule has 8 heteroatoms. The minimum absolute atomic E-state index is 0.0934. The molecular weight excluding hydrogens is 356 g/mol. The molecule has 0 bridgehead atoms. The molecule has 1 aromatic carbocycles. The van der Waals surface area contributed by atoms with Gasteiger partial charge in [-0.2, -0.15) is 5.10 Å². The highest BCUT2D eigenvalue weighted by Gasteiger charge is 2.31. The van der Waals surface area contributed by atoms with Crippen LogP contribution in [0, 0.1) is 0 Å². The van der Waals surface area contributed by atoms with Crippen molar-refractivity contribution in [2.45, 2.75) is 19.0 Å². The predicted molar refractivity (Wildman–Crippen MR) is 95.9 cm³/mol. The van der Waals surface area contributed by atoms with Gasteiger partial charge < -0.3 is 14.6 Å². The van der Waals surface area contributed by atoms with Crippen LogP contribution in [-0.4, -0.2) is 40.1 Å². The lowest BCUT2D eigenvalue weighted by molar-refractivity contribution is -0.121. The van der Waals surface area contributed by atoms with Crippen LogP contribution in [0.25, 0.3) is 11.0 Å². The van der Waals surface area contributed by atoms with E-state index in [9.17, 15) is 9.59 Å². The largest absolute Gasteiger partial charge is 0.451 e. The van der Waals surface area contributed by atoms with E-state index in [1.807, 2.05) is 10.7 Å². The molecule has 1 N–H and O–H groups in total. The van der Waals surface area contributed by atoms with Gasteiger partial charge in [0.1, 0.15) is 5.58 Å². The molecular formula is C18H17ClN4O3. The third-order valence-electron chi connectivity index (χ3n) is 4.56. The van der Waals surface area contributed by atoms with Gasteiger partial charge >= 0.3 is 0 Å². The number of rotatable bonds is 3. The van der Waals surface area contributed by atoms with E-state index in [0.29, 0.717) is 23.7 Å². The van der Waals surface area contributed by atoms with Crippen LogP contribution in [0.15, 0.2) is 40.9 Å². The zero-order chi connectivity index (χ0) is 18.3. The van der Waals surface area contributed by atoms with E-state index in [2.05, 4.69) is 10.4 Å². The second-order valence-electron chi connectivity index (χ2n) is 6.28. The number of furan rings is 1. The van der Waals surface area contributed by atoms with E-state index in [4.69, 9.17) is 16.0 Å². The summed E-state index contributed by atoms with van der Waals surface area (Å²) in [5.74, 6) is -0.0512. The first-order valence-electron chi connectivity index (χ1n) is 8.26. The highest BCUT2D eigenvalue weighted by atomic mass is 35.5. The SMILES string of the molecule is CNC(=O)CC1CN(C(=O)c2cc3cc(Cl)ccc3o2)Cc2ccnn21. The van der Waals surface area contributed by atoms with E-state index in [1.165, 1.54) is 0 Å². The molecule has 0 saturated carbocycles. The smallest absolute Gasteiger partial charge is 0.290 e. The minimum atomic E-state index is -0.216. The summed E-state index contributed by atoms with van der Waals surface area (Å²) in [4.78, 5) is 26.5. The summed E-state index contributed by atoms with van der Waals surface area (Å²) in [5, 5.41) is 8.29. The quantitative estimate of drug-likeness (QED) is 0.766. The third kappa shape index (κ3) is 2.94. The Morgan fingerprint density at radius 1 is 1.35 bits per heavy atom. The van der Waals surface area contributed by atoms with Crippen LogP contribution < -0.4 is 5.32 Å². The lowest BCUT2D eigenvalue weighted by atomic mass is 10.1. The lowest BCUT2D eigenvalue weighted by Gasteiger charge is -2.33. The maximum absolute atomic E-state index is 13.0. The number of amides is 2. The third-order valence-corrected chi connectivity index (χ3v) is 4.79. The van der Waals surface area contributed by atoms with Crippen LogP contribution in [0.2, 0.25) is 5.02 Å². The molecule has 1 atom stereocenters. The monoisotopic (exact) mass is 372 g/mol. The van der Waals surface area contributed by atoms with Gasteiger partial charge in [-0.15, -0.1) is 0 Å². The van der Waals surface area contributed by atoms with Crippen molar-refractivity contribution in [3.8, 4) is 0 Å². The van der Waals surface area contributed by atoms with Crippen molar-refractivity contribution in [2.24, 2.45) is 0 Å². The number of nitrogens with zero attached hydrogens (tertiary/aromatic N) is 3. The Hall–Kier alpha value is -2.80. The van der Waals surface area contributed by atoms with Crippen molar-refractivity contribution in [1.29, 1.82) is 0 Å². The summed E-state index contributed by atoms with van der Waals surface area (Å²) >= 11 is 6.00. The number of aromatic nitrogens is 2. The summed E-state index contributed by atoms with van der Waals surface area (Å²) in [6, 6.07) is 8.57. The van der Waals surface area contributed by atoms with Crippen LogP contribution >= 0.6 is 11.6 Å². The lowest BCUT2D eigenvalue weighted by Crippen LogP contribution is -2.42. The molecule has 134 valence electrons. The van der Waals surface area contributed by atoms with Crippen molar-refractivity contribution < 1.29 is 14.0 Å². The van der Waals surface area contributed by atoms with E-state index in [1.54, 1.807) is 42.4 Å². The molecule has 0 radical (unpaired) electrons. The summed E-state index contributed by atoms with van der Waals surface area (Å²) in [6.07, 6.45) is 1.94. The van der Waals surface area contributed by atoms with Gasteiger partial charge in [-0.25, -0.2) is 0 Å². The van der Waals surface area contributed by atoms with Crippen LogP contribution in [0.4, 0.5) is 0 Å². The number of benzene rings is 1. The second kappa shape index (κ2) is 6.49. The molecule has 0 saturated heterocycles. The zero-order valence-corrected chi connectivity index (χ0v) is 14.9. The Kier molecular flexibility index (Phi) is 4.16. The zero-order valence-electron chi connectivity index (χ0n) is 14.1. The van der Waals surface area contributed by atoms with Crippen LogP contribution in [0.5, 0.6) is 0 Å². The molecule has 7 nitrogen and oxygen atoms in total. The summed E-state index contributed by atoms with van der Waals surface area (Å²) < 4.78 is 7.51.